The molecule has 4 rings (SSSR count). The highest BCUT2D eigenvalue weighted by molar-refractivity contribution is 7.99. The first-order chi connectivity index (χ1) is 15.5. The fraction of sp³-hybridized carbons (Fsp3) is 0.200. The SMILES string of the molecule is CCOc1ccc2nc(NC(=O)c3ccc(NC(=O)CSc4nnnn4C)cc3)sc2c1. The number of thioether (sulfide) groups is 1. The number of tetrazole rings is 1. The van der Waals surface area contributed by atoms with Crippen molar-refractivity contribution in [2.45, 2.75) is 12.1 Å². The summed E-state index contributed by atoms with van der Waals surface area (Å²) in [4.78, 5) is 29.1. The van der Waals surface area contributed by atoms with E-state index >= 15 is 0 Å². The maximum absolute atomic E-state index is 12.6. The van der Waals surface area contributed by atoms with Crippen LogP contribution < -0.4 is 15.4 Å². The smallest absolute Gasteiger partial charge is 0.257 e. The van der Waals surface area contributed by atoms with Crippen molar-refractivity contribution in [2.24, 2.45) is 7.05 Å². The van der Waals surface area contributed by atoms with E-state index in [1.54, 1.807) is 31.3 Å². The molecule has 0 atom stereocenters. The normalized spacial score (nSPS) is 10.8. The number of aromatic nitrogens is 5. The van der Waals surface area contributed by atoms with Gasteiger partial charge >= 0.3 is 0 Å². The predicted octanol–water partition coefficient (Wildman–Crippen LogP) is 3.20. The second kappa shape index (κ2) is 9.75. The Kier molecular flexibility index (Phi) is 6.61. The van der Waals surface area contributed by atoms with E-state index in [0.717, 1.165) is 16.0 Å². The number of thiazole rings is 1. The molecule has 32 heavy (non-hydrogen) atoms. The molecular formula is C20H19N7O3S2. The zero-order valence-corrected chi connectivity index (χ0v) is 18.9. The lowest BCUT2D eigenvalue weighted by Crippen LogP contribution is -2.15. The van der Waals surface area contributed by atoms with Crippen LogP contribution in [0.3, 0.4) is 0 Å². The highest BCUT2D eigenvalue weighted by Gasteiger charge is 2.12. The van der Waals surface area contributed by atoms with Crippen LogP contribution in [-0.2, 0) is 11.8 Å². The van der Waals surface area contributed by atoms with Gasteiger partial charge in [0.15, 0.2) is 5.13 Å². The van der Waals surface area contributed by atoms with Crippen molar-refractivity contribution < 1.29 is 14.3 Å². The second-order valence-corrected chi connectivity index (χ2v) is 8.51. The van der Waals surface area contributed by atoms with Gasteiger partial charge in [-0.25, -0.2) is 9.67 Å². The van der Waals surface area contributed by atoms with Crippen molar-refractivity contribution in [1.82, 2.24) is 25.2 Å². The highest BCUT2D eigenvalue weighted by atomic mass is 32.2. The third-order valence-corrected chi connectivity index (χ3v) is 6.18. The molecule has 0 unspecified atom stereocenters. The summed E-state index contributed by atoms with van der Waals surface area (Å²) in [5.41, 5.74) is 1.84. The van der Waals surface area contributed by atoms with E-state index in [2.05, 4.69) is 31.1 Å². The number of fused-ring (bicyclic) bond motifs is 1. The second-order valence-electron chi connectivity index (χ2n) is 6.53. The monoisotopic (exact) mass is 469 g/mol. The minimum atomic E-state index is -0.280. The number of amides is 2. The number of hydrogen-bond acceptors (Lipinski definition) is 9. The van der Waals surface area contributed by atoms with Crippen LogP contribution in [-0.4, -0.2) is 49.4 Å². The standard InChI is InChI=1S/C20H19N7O3S2/c1-3-30-14-8-9-15-16(10-14)32-19(22-15)23-18(29)12-4-6-13(7-5-12)21-17(28)11-31-20-24-25-26-27(20)2/h4-10H,3,11H2,1-2H3,(H,21,28)(H,22,23,29). The Labute approximate surface area is 191 Å². The quantitative estimate of drug-likeness (QED) is 0.377. The van der Waals surface area contributed by atoms with E-state index in [4.69, 9.17) is 4.74 Å². The summed E-state index contributed by atoms with van der Waals surface area (Å²) in [6.07, 6.45) is 0. The van der Waals surface area contributed by atoms with Crippen LogP contribution in [0.1, 0.15) is 17.3 Å². The molecule has 0 bridgehead atoms. The molecule has 0 aliphatic carbocycles. The molecule has 0 saturated heterocycles. The van der Waals surface area contributed by atoms with Crippen LogP contribution in [0, 0.1) is 0 Å². The number of aryl methyl sites for hydroxylation is 1. The van der Waals surface area contributed by atoms with Crippen molar-refractivity contribution in [3.8, 4) is 5.75 Å². The van der Waals surface area contributed by atoms with Crippen molar-refractivity contribution in [3.05, 3.63) is 48.0 Å². The average Bonchev–Trinajstić information content (AvgIpc) is 3.37. The molecule has 164 valence electrons. The first kappa shape index (κ1) is 21.7. The van der Waals surface area contributed by atoms with Gasteiger partial charge in [-0.1, -0.05) is 23.1 Å². The minimum absolute atomic E-state index is 0.166. The van der Waals surface area contributed by atoms with Crippen molar-refractivity contribution in [2.75, 3.05) is 23.0 Å². The van der Waals surface area contributed by atoms with Gasteiger partial charge in [-0.3, -0.25) is 14.9 Å². The Hall–Kier alpha value is -3.51. The van der Waals surface area contributed by atoms with Crippen LogP contribution in [0.4, 0.5) is 10.8 Å². The molecule has 0 aliphatic rings. The van der Waals surface area contributed by atoms with Crippen molar-refractivity contribution >= 4 is 55.9 Å². The third kappa shape index (κ3) is 5.21. The largest absolute Gasteiger partial charge is 0.494 e. The van der Waals surface area contributed by atoms with Crippen LogP contribution >= 0.6 is 23.1 Å². The fourth-order valence-corrected chi connectivity index (χ4v) is 4.30. The maximum atomic E-state index is 12.6. The number of ether oxygens (including phenoxy) is 1. The van der Waals surface area contributed by atoms with Crippen LogP contribution in [0.5, 0.6) is 5.75 Å². The summed E-state index contributed by atoms with van der Waals surface area (Å²) in [5.74, 6) is 0.457. The van der Waals surface area contributed by atoms with E-state index in [0.29, 0.717) is 28.1 Å². The van der Waals surface area contributed by atoms with Gasteiger partial charge in [-0.15, -0.1) is 5.10 Å². The molecule has 0 radical (unpaired) electrons. The lowest BCUT2D eigenvalue weighted by Gasteiger charge is -2.06. The summed E-state index contributed by atoms with van der Waals surface area (Å²) < 4.78 is 7.93. The minimum Gasteiger partial charge on any atom is -0.494 e. The average molecular weight is 470 g/mol. The summed E-state index contributed by atoms with van der Waals surface area (Å²) >= 11 is 2.61. The number of nitrogens with zero attached hydrogens (tertiary/aromatic N) is 5. The van der Waals surface area contributed by atoms with E-state index in [1.165, 1.54) is 27.8 Å². The Balaban J connectivity index is 1.34. The fourth-order valence-electron chi connectivity index (χ4n) is 2.76. The van der Waals surface area contributed by atoms with Gasteiger partial charge in [-0.2, -0.15) is 0 Å². The number of carbonyl (C=O) groups excluding carboxylic acids is 2. The van der Waals surface area contributed by atoms with Gasteiger partial charge in [0, 0.05) is 18.3 Å². The summed E-state index contributed by atoms with van der Waals surface area (Å²) in [7, 11) is 1.70. The van der Waals surface area contributed by atoms with Gasteiger partial charge in [0.1, 0.15) is 5.75 Å². The Morgan fingerprint density at radius 1 is 1.16 bits per heavy atom. The number of rotatable bonds is 8. The molecule has 4 aromatic rings. The first-order valence-corrected chi connectivity index (χ1v) is 11.4. The van der Waals surface area contributed by atoms with Crippen LogP contribution in [0.15, 0.2) is 47.6 Å². The van der Waals surface area contributed by atoms with Crippen LogP contribution in [0.25, 0.3) is 10.2 Å². The molecule has 2 aromatic carbocycles. The molecule has 0 aliphatic heterocycles. The Morgan fingerprint density at radius 3 is 2.69 bits per heavy atom. The topological polar surface area (TPSA) is 124 Å². The van der Waals surface area contributed by atoms with Crippen molar-refractivity contribution in [1.29, 1.82) is 0 Å². The van der Waals surface area contributed by atoms with E-state index < -0.39 is 0 Å². The van der Waals surface area contributed by atoms with Gasteiger partial charge in [0.25, 0.3) is 5.91 Å². The predicted molar refractivity (Wildman–Crippen MR) is 123 cm³/mol. The third-order valence-electron chi connectivity index (χ3n) is 4.24. The molecule has 12 heteroatoms. The molecule has 2 N–H and O–H groups in total. The lowest BCUT2D eigenvalue weighted by atomic mass is 10.2. The summed E-state index contributed by atoms with van der Waals surface area (Å²) in [6, 6.07) is 12.3. The van der Waals surface area contributed by atoms with E-state index in [1.807, 2.05) is 25.1 Å². The Morgan fingerprint density at radius 2 is 1.97 bits per heavy atom. The number of benzene rings is 2. The lowest BCUT2D eigenvalue weighted by molar-refractivity contribution is -0.113. The van der Waals surface area contributed by atoms with Gasteiger partial charge in [0.2, 0.25) is 11.1 Å². The van der Waals surface area contributed by atoms with Crippen LogP contribution in [0.2, 0.25) is 0 Å². The maximum Gasteiger partial charge on any atom is 0.257 e. The van der Waals surface area contributed by atoms with Crippen molar-refractivity contribution in [3.63, 3.8) is 0 Å². The molecule has 10 nitrogen and oxygen atoms in total. The molecule has 2 aromatic heterocycles. The van der Waals surface area contributed by atoms with E-state index in [9.17, 15) is 9.59 Å². The first-order valence-electron chi connectivity index (χ1n) is 9.61. The molecule has 0 saturated carbocycles. The highest BCUT2D eigenvalue weighted by Crippen LogP contribution is 2.29. The molecule has 0 fully saturated rings. The number of hydrogen-bond donors (Lipinski definition) is 2. The summed E-state index contributed by atoms with van der Waals surface area (Å²) in [5, 5.41) is 17.7. The number of nitrogens with one attached hydrogen (secondary N) is 2. The summed E-state index contributed by atoms with van der Waals surface area (Å²) in [6.45, 7) is 2.51. The Bertz CT molecular complexity index is 1250. The van der Waals surface area contributed by atoms with Gasteiger partial charge in [0.05, 0.1) is 22.6 Å². The molecular weight excluding hydrogens is 450 g/mol. The van der Waals surface area contributed by atoms with E-state index in [-0.39, 0.29) is 17.6 Å². The molecule has 0 spiro atoms. The van der Waals surface area contributed by atoms with Gasteiger partial charge < -0.3 is 10.1 Å². The molecule has 2 heterocycles. The zero-order chi connectivity index (χ0) is 22.5. The molecule has 2 amide bonds. The van der Waals surface area contributed by atoms with Gasteiger partial charge in [-0.05, 0) is 59.8 Å². The number of carbonyl (C=O) groups is 2. The zero-order valence-electron chi connectivity index (χ0n) is 17.2. The number of anilines is 2.